The number of benzene rings is 1. The van der Waals surface area contributed by atoms with Gasteiger partial charge in [-0.05, 0) is 92.8 Å². The molecule has 2 saturated carbocycles. The van der Waals surface area contributed by atoms with E-state index in [0.29, 0.717) is 72.7 Å². The van der Waals surface area contributed by atoms with E-state index in [9.17, 15) is 35.0 Å². The van der Waals surface area contributed by atoms with Gasteiger partial charge in [0.15, 0.2) is 0 Å². The molecule has 2 amide bonds. The minimum Gasteiger partial charge on any atom is -0.496 e. The molecule has 3 aromatic rings. The van der Waals surface area contributed by atoms with Gasteiger partial charge < -0.3 is 45.1 Å². The van der Waals surface area contributed by atoms with Gasteiger partial charge in [0.1, 0.15) is 24.5 Å². The topological polar surface area (TPSA) is 203 Å². The summed E-state index contributed by atoms with van der Waals surface area (Å²) >= 11 is 2.63. The van der Waals surface area contributed by atoms with Gasteiger partial charge in [0, 0.05) is 43.7 Å². The maximum absolute atomic E-state index is 13.4. The van der Waals surface area contributed by atoms with Crippen LogP contribution < -0.4 is 20.7 Å². The van der Waals surface area contributed by atoms with E-state index < -0.39 is 29.9 Å². The molecule has 0 radical (unpaired) electrons. The van der Waals surface area contributed by atoms with Crippen molar-refractivity contribution in [2.75, 3.05) is 39.2 Å². The highest BCUT2D eigenvalue weighted by Gasteiger charge is 2.46. The zero-order valence-corrected chi connectivity index (χ0v) is 33.3. The minimum absolute atomic E-state index is 0.000425. The molecule has 1 aliphatic heterocycles. The molecular formula is C40H51N5O9S2. The number of hydrogen-bond acceptors (Lipinski definition) is 14. The first-order valence-corrected chi connectivity index (χ1v) is 20.9. The van der Waals surface area contributed by atoms with Crippen LogP contribution in [0.15, 0.2) is 47.2 Å². The minimum atomic E-state index is -1.83. The summed E-state index contributed by atoms with van der Waals surface area (Å²) in [5, 5.41) is 55.4. The van der Waals surface area contributed by atoms with Crippen molar-refractivity contribution in [2.45, 2.75) is 93.9 Å². The van der Waals surface area contributed by atoms with E-state index in [0.717, 1.165) is 12.8 Å². The molecule has 5 atom stereocenters. The van der Waals surface area contributed by atoms with Crippen LogP contribution in [0.5, 0.6) is 5.75 Å². The molecular weight excluding hydrogens is 759 g/mol. The number of nitrogens with one attached hydrogen (secondary N) is 3. The summed E-state index contributed by atoms with van der Waals surface area (Å²) in [6.07, 6.45) is 2.70. The summed E-state index contributed by atoms with van der Waals surface area (Å²) in [6.45, 7) is 1.16. The molecule has 6 rings (SSSR count). The highest BCUT2D eigenvalue weighted by Crippen LogP contribution is 2.39. The predicted octanol–water partition coefficient (Wildman–Crippen LogP) is 4.08. The second-order valence-corrected chi connectivity index (χ2v) is 16.8. The van der Waals surface area contributed by atoms with Crippen molar-refractivity contribution in [1.29, 1.82) is 5.26 Å². The van der Waals surface area contributed by atoms with Crippen LogP contribution in [-0.2, 0) is 31.2 Å². The zero-order valence-electron chi connectivity index (χ0n) is 31.6. The number of anilines is 1. The van der Waals surface area contributed by atoms with Crippen molar-refractivity contribution < 1.29 is 43.9 Å². The smallest absolute Gasteiger partial charge is 0.411 e. The maximum atomic E-state index is 13.4. The van der Waals surface area contributed by atoms with E-state index in [1.165, 1.54) is 29.8 Å². The second kappa shape index (κ2) is 18.9. The quantitative estimate of drug-likeness (QED) is 0.120. The molecule has 0 spiro atoms. The van der Waals surface area contributed by atoms with E-state index in [4.69, 9.17) is 14.2 Å². The Morgan fingerprint density at radius 3 is 2.45 bits per heavy atom. The van der Waals surface area contributed by atoms with Gasteiger partial charge in [-0.25, -0.2) is 9.59 Å². The summed E-state index contributed by atoms with van der Waals surface area (Å²) in [4.78, 5) is 41.2. The first kappa shape index (κ1) is 41.6. The first-order valence-electron chi connectivity index (χ1n) is 19.1. The number of thiophene rings is 2. The third kappa shape index (κ3) is 9.54. The first-order chi connectivity index (χ1) is 27.0. The number of fused-ring (bicyclic) bond motifs is 1. The number of likely N-dealkylation sites (N-methyl/N-ethyl adjacent to an activating group) is 1. The molecule has 14 nitrogen and oxygen atoms in total. The number of amides is 2. The normalized spacial score (nSPS) is 24.3. The highest BCUT2D eigenvalue weighted by molar-refractivity contribution is 7.12. The Morgan fingerprint density at radius 2 is 1.80 bits per heavy atom. The number of aliphatic hydroxyl groups excluding tert-OH is 2. The zero-order chi connectivity index (χ0) is 39.8. The molecule has 3 aliphatic rings. The number of nitrogens with zero attached hydrogens (tertiary/aromatic N) is 2. The summed E-state index contributed by atoms with van der Waals surface area (Å²) in [6, 6.07) is 12.3. The fourth-order valence-corrected chi connectivity index (χ4v) is 10.1. The lowest BCUT2D eigenvalue weighted by Gasteiger charge is -2.45. The molecule has 6 N–H and O–H groups in total. The lowest BCUT2D eigenvalue weighted by atomic mass is 9.68. The molecule has 1 aromatic carbocycles. The highest BCUT2D eigenvalue weighted by atomic mass is 32.1. The Kier molecular flexibility index (Phi) is 14.0. The molecule has 1 saturated heterocycles. The van der Waals surface area contributed by atoms with Gasteiger partial charge in [-0.15, -0.1) is 22.7 Å². The van der Waals surface area contributed by atoms with Gasteiger partial charge in [0.05, 0.1) is 46.4 Å². The van der Waals surface area contributed by atoms with Gasteiger partial charge in [0.2, 0.25) is 11.5 Å². The fraction of sp³-hybridized carbons (Fsp3) is 0.550. The number of piperidine rings is 1. The summed E-state index contributed by atoms with van der Waals surface area (Å²) in [5.74, 6) is -0.353. The number of methoxy groups -OCH3 is 1. The molecule has 2 aliphatic carbocycles. The summed E-state index contributed by atoms with van der Waals surface area (Å²) in [5.41, 5.74) is -0.693. The maximum Gasteiger partial charge on any atom is 0.411 e. The van der Waals surface area contributed by atoms with E-state index >= 15 is 0 Å². The average Bonchev–Trinajstić information content (AvgIpc) is 3.95. The van der Waals surface area contributed by atoms with E-state index in [2.05, 4.69) is 26.9 Å². The third-order valence-electron chi connectivity index (χ3n) is 11.5. The Morgan fingerprint density at radius 1 is 1.09 bits per heavy atom. The summed E-state index contributed by atoms with van der Waals surface area (Å²) < 4.78 is 16.9. The number of carbonyl (C=O) groups is 3. The Bertz CT molecular complexity index is 1790. The van der Waals surface area contributed by atoms with Crippen LogP contribution in [0.2, 0.25) is 0 Å². The van der Waals surface area contributed by atoms with Crippen molar-refractivity contribution in [2.24, 2.45) is 11.8 Å². The van der Waals surface area contributed by atoms with Gasteiger partial charge in [-0.2, -0.15) is 5.26 Å². The van der Waals surface area contributed by atoms with Crippen LogP contribution in [0.3, 0.4) is 0 Å². The monoisotopic (exact) mass is 809 g/mol. The van der Waals surface area contributed by atoms with Crippen molar-refractivity contribution in [3.05, 3.63) is 68.0 Å². The number of rotatable bonds is 15. The van der Waals surface area contributed by atoms with Crippen molar-refractivity contribution in [3.8, 4) is 11.8 Å². The van der Waals surface area contributed by atoms with Gasteiger partial charge in [-0.3, -0.25) is 10.1 Å². The van der Waals surface area contributed by atoms with E-state index in [1.807, 2.05) is 17.8 Å². The number of nitriles is 1. The third-order valence-corrected chi connectivity index (χ3v) is 13.4. The average molecular weight is 810 g/mol. The Balaban J connectivity index is 0.935. The fourth-order valence-electron chi connectivity index (χ4n) is 8.34. The molecule has 3 heterocycles. The van der Waals surface area contributed by atoms with Crippen LogP contribution >= 0.6 is 22.7 Å². The largest absolute Gasteiger partial charge is 0.496 e. The van der Waals surface area contributed by atoms with Crippen LogP contribution in [0.25, 0.3) is 0 Å². The summed E-state index contributed by atoms with van der Waals surface area (Å²) in [7, 11) is 3.46. The van der Waals surface area contributed by atoms with Crippen LogP contribution in [-0.4, -0.2) is 102 Å². The van der Waals surface area contributed by atoms with E-state index in [1.54, 1.807) is 36.4 Å². The van der Waals surface area contributed by atoms with Crippen LogP contribution in [0, 0.1) is 23.2 Å². The number of ether oxygens (including phenoxy) is 3. The standard InChI is InChI=1S/C40H51N5O9S2/c1-45(26-7-9-27(10-8-26)54-38(49)40(51,34-5-3-17-55-34)35-6-4-18-56-35)15-16-53-39(50)43-30-20-33(52-2)25(19-24(30)21-41)22-42-23-32(47)28-11-13-31(46)37-29(28)12-14-36(48)44-37/h3-6,17-20,26-29,31-32,37,42,46-47,51H,7-16,22-23H2,1-2H3,(H,43,50)(H,44,48)/t26?,27?,28?,29?,31?,32-,37?/m0/s1. The molecule has 16 heteroatoms. The van der Waals surface area contributed by atoms with Crippen molar-refractivity contribution in [1.82, 2.24) is 15.5 Å². The van der Waals surface area contributed by atoms with Crippen LogP contribution in [0.4, 0.5) is 10.5 Å². The number of esters is 1. The van der Waals surface area contributed by atoms with Gasteiger partial charge in [-0.1, -0.05) is 12.1 Å². The SMILES string of the molecule is COc1cc(NC(=O)OCCN(C)C2CCC(OC(=O)C(O)(c3cccs3)c3cccs3)CC2)c(C#N)cc1CNC[C@H](O)C1CCC(O)C2NC(=O)CCC21. The number of aliphatic hydroxyl groups is 3. The van der Waals surface area contributed by atoms with E-state index in [-0.39, 0.29) is 60.3 Å². The lowest BCUT2D eigenvalue weighted by molar-refractivity contribution is -0.169. The molecule has 56 heavy (non-hydrogen) atoms. The molecule has 302 valence electrons. The molecule has 3 fully saturated rings. The lowest BCUT2D eigenvalue weighted by Crippen LogP contribution is -2.58. The van der Waals surface area contributed by atoms with Gasteiger partial charge in [0.25, 0.3) is 0 Å². The van der Waals surface area contributed by atoms with Crippen molar-refractivity contribution >= 4 is 46.3 Å². The van der Waals surface area contributed by atoms with Gasteiger partial charge >= 0.3 is 12.1 Å². The Hall–Kier alpha value is -4.08. The van der Waals surface area contributed by atoms with Crippen LogP contribution in [0.1, 0.15) is 72.2 Å². The number of hydrogen-bond donors (Lipinski definition) is 6. The number of carbonyl (C=O) groups excluding carboxylic acids is 3. The molecule has 0 bridgehead atoms. The molecule has 4 unspecified atom stereocenters. The second-order valence-electron chi connectivity index (χ2n) is 14.9. The predicted molar refractivity (Wildman–Crippen MR) is 210 cm³/mol. The Labute approximate surface area is 334 Å². The molecule has 2 aromatic heterocycles. The van der Waals surface area contributed by atoms with Crippen molar-refractivity contribution in [3.63, 3.8) is 0 Å².